The van der Waals surface area contributed by atoms with Gasteiger partial charge in [0.1, 0.15) is 0 Å². The van der Waals surface area contributed by atoms with E-state index in [0.29, 0.717) is 21.9 Å². The van der Waals surface area contributed by atoms with Crippen molar-refractivity contribution in [1.29, 1.82) is 0 Å². The number of nitrogens with zero attached hydrogens (tertiary/aromatic N) is 1. The molecule has 33 heavy (non-hydrogen) atoms. The van der Waals surface area contributed by atoms with Crippen molar-refractivity contribution in [3.05, 3.63) is 101 Å². The Morgan fingerprint density at radius 3 is 2.03 bits per heavy atom. The SMILES string of the molecule is Cc1ccc(S(=O)(=O)NC(c2ccccc2)C(Cl)(Cl)C(=NC(C)C)c2ccc(Cl)cc2)cc1. The molecule has 0 aliphatic rings. The molecule has 0 bridgehead atoms. The van der Waals surface area contributed by atoms with Crippen LogP contribution in [0, 0.1) is 6.92 Å². The molecule has 0 fully saturated rings. The lowest BCUT2D eigenvalue weighted by Gasteiger charge is -2.33. The minimum atomic E-state index is -3.95. The van der Waals surface area contributed by atoms with E-state index in [0.717, 1.165) is 5.56 Å². The summed E-state index contributed by atoms with van der Waals surface area (Å²) in [6.45, 7) is 5.68. The topological polar surface area (TPSA) is 58.5 Å². The number of benzene rings is 3. The van der Waals surface area contributed by atoms with E-state index in [1.807, 2.05) is 26.8 Å². The van der Waals surface area contributed by atoms with Gasteiger partial charge in [0.05, 0.1) is 16.6 Å². The first-order chi connectivity index (χ1) is 15.5. The van der Waals surface area contributed by atoms with E-state index in [9.17, 15) is 8.42 Å². The van der Waals surface area contributed by atoms with Crippen LogP contribution in [0.2, 0.25) is 5.02 Å². The zero-order valence-corrected chi connectivity index (χ0v) is 21.6. The summed E-state index contributed by atoms with van der Waals surface area (Å²) in [6, 6.07) is 21.3. The average Bonchev–Trinajstić information content (AvgIpc) is 2.77. The molecule has 1 atom stereocenters. The zero-order valence-electron chi connectivity index (χ0n) is 18.5. The third-order valence-electron chi connectivity index (χ3n) is 4.92. The van der Waals surface area contributed by atoms with Crippen LogP contribution in [0.25, 0.3) is 0 Å². The Hall–Kier alpha value is -1.89. The quantitative estimate of drug-likeness (QED) is 0.262. The van der Waals surface area contributed by atoms with Crippen LogP contribution in [0.5, 0.6) is 0 Å². The number of hydrogen-bond acceptors (Lipinski definition) is 3. The molecule has 0 radical (unpaired) electrons. The monoisotopic (exact) mass is 522 g/mol. The first kappa shape index (κ1) is 25.7. The fourth-order valence-corrected chi connectivity index (χ4v) is 5.48. The number of hydrogen-bond donors (Lipinski definition) is 1. The maximum atomic E-state index is 13.3. The second kappa shape index (κ2) is 10.6. The number of aliphatic imine (C=N–C) groups is 1. The highest BCUT2D eigenvalue weighted by atomic mass is 35.5. The number of aryl methyl sites for hydroxylation is 1. The summed E-state index contributed by atoms with van der Waals surface area (Å²) in [7, 11) is -3.95. The molecule has 0 amide bonds. The highest BCUT2D eigenvalue weighted by Crippen LogP contribution is 2.41. The van der Waals surface area contributed by atoms with Crippen LogP contribution in [0.1, 0.15) is 36.6 Å². The van der Waals surface area contributed by atoms with Crippen LogP contribution >= 0.6 is 34.8 Å². The van der Waals surface area contributed by atoms with Crippen molar-refractivity contribution in [2.45, 2.75) is 42.1 Å². The molecule has 0 aromatic heterocycles. The zero-order chi connectivity index (χ0) is 24.2. The van der Waals surface area contributed by atoms with Gasteiger partial charge in [-0.05, 0) is 56.2 Å². The summed E-state index contributed by atoms with van der Waals surface area (Å²) in [5, 5.41) is 0.553. The first-order valence-corrected chi connectivity index (χ1v) is 13.0. The van der Waals surface area contributed by atoms with E-state index < -0.39 is 20.4 Å². The van der Waals surface area contributed by atoms with Crippen molar-refractivity contribution in [2.24, 2.45) is 4.99 Å². The van der Waals surface area contributed by atoms with E-state index in [-0.39, 0.29) is 10.9 Å². The molecular formula is C25H25Cl3N2O2S. The largest absolute Gasteiger partial charge is 0.283 e. The van der Waals surface area contributed by atoms with E-state index in [2.05, 4.69) is 9.71 Å². The van der Waals surface area contributed by atoms with Crippen LogP contribution in [0.15, 0.2) is 88.8 Å². The molecule has 0 heterocycles. The number of nitrogens with one attached hydrogen (secondary N) is 1. The maximum absolute atomic E-state index is 13.3. The number of alkyl halides is 2. The van der Waals surface area contributed by atoms with Gasteiger partial charge >= 0.3 is 0 Å². The second-order valence-electron chi connectivity index (χ2n) is 7.98. The lowest BCUT2D eigenvalue weighted by Crippen LogP contribution is -2.44. The average molecular weight is 524 g/mol. The molecule has 174 valence electrons. The molecule has 0 saturated heterocycles. The molecule has 0 spiro atoms. The Morgan fingerprint density at radius 1 is 0.909 bits per heavy atom. The van der Waals surface area contributed by atoms with Crippen molar-refractivity contribution in [3.63, 3.8) is 0 Å². The minimum absolute atomic E-state index is 0.118. The second-order valence-corrected chi connectivity index (χ2v) is 11.5. The number of rotatable bonds is 8. The van der Waals surface area contributed by atoms with Gasteiger partial charge in [0.25, 0.3) is 0 Å². The van der Waals surface area contributed by atoms with Crippen molar-refractivity contribution in [3.8, 4) is 0 Å². The standard InChI is InChI=1S/C25H25Cl3N2O2S/c1-17(2)29-23(20-11-13-21(26)14-12-20)25(27,28)24(19-7-5-4-6-8-19)30-33(31,32)22-15-9-18(3)10-16-22/h4-17,24,30H,1-3H3. The molecule has 1 unspecified atom stereocenters. The normalized spacial score (nSPS) is 13.8. The number of halogens is 3. The van der Waals surface area contributed by atoms with Gasteiger partial charge in [0, 0.05) is 11.1 Å². The Kier molecular flexibility index (Phi) is 8.25. The van der Waals surface area contributed by atoms with Gasteiger partial charge in [-0.15, -0.1) is 0 Å². The van der Waals surface area contributed by atoms with Crippen molar-refractivity contribution in [2.75, 3.05) is 0 Å². The summed E-state index contributed by atoms with van der Waals surface area (Å²) in [5.41, 5.74) is 2.54. The molecule has 0 aliphatic carbocycles. The molecule has 3 aromatic carbocycles. The number of sulfonamides is 1. The predicted octanol–water partition coefficient (Wildman–Crippen LogP) is 6.74. The molecule has 0 aliphatic heterocycles. The van der Waals surface area contributed by atoms with Crippen LogP contribution in [-0.2, 0) is 10.0 Å². The highest BCUT2D eigenvalue weighted by Gasteiger charge is 2.44. The summed E-state index contributed by atoms with van der Waals surface area (Å²) in [6.07, 6.45) is 0. The van der Waals surface area contributed by atoms with Gasteiger partial charge in [-0.3, -0.25) is 4.99 Å². The van der Waals surface area contributed by atoms with Crippen LogP contribution in [-0.4, -0.2) is 24.5 Å². The van der Waals surface area contributed by atoms with Gasteiger partial charge in [-0.1, -0.05) is 95.0 Å². The van der Waals surface area contributed by atoms with Crippen molar-refractivity contribution in [1.82, 2.24) is 4.72 Å². The van der Waals surface area contributed by atoms with Gasteiger partial charge < -0.3 is 0 Å². The van der Waals surface area contributed by atoms with Crippen LogP contribution in [0.3, 0.4) is 0 Å². The fraction of sp³-hybridized carbons (Fsp3) is 0.240. The smallest absolute Gasteiger partial charge is 0.241 e. The maximum Gasteiger partial charge on any atom is 0.241 e. The van der Waals surface area contributed by atoms with Gasteiger partial charge in [0.15, 0.2) is 4.33 Å². The highest BCUT2D eigenvalue weighted by molar-refractivity contribution is 7.89. The Labute approximate surface area is 210 Å². The molecule has 8 heteroatoms. The third-order valence-corrected chi connectivity index (χ3v) is 7.41. The Morgan fingerprint density at radius 2 is 1.48 bits per heavy atom. The van der Waals surface area contributed by atoms with E-state index in [1.54, 1.807) is 72.8 Å². The van der Waals surface area contributed by atoms with E-state index in [1.165, 1.54) is 0 Å². The summed E-state index contributed by atoms with van der Waals surface area (Å²) in [4.78, 5) is 4.80. The molecule has 0 saturated carbocycles. The van der Waals surface area contributed by atoms with E-state index in [4.69, 9.17) is 34.8 Å². The molecular weight excluding hydrogens is 499 g/mol. The van der Waals surface area contributed by atoms with Crippen LogP contribution < -0.4 is 4.72 Å². The molecule has 3 aromatic rings. The van der Waals surface area contributed by atoms with Crippen molar-refractivity contribution >= 4 is 50.5 Å². The van der Waals surface area contributed by atoms with Gasteiger partial charge in [-0.2, -0.15) is 0 Å². The third kappa shape index (κ3) is 6.37. The minimum Gasteiger partial charge on any atom is -0.283 e. The molecule has 1 N–H and O–H groups in total. The Bertz CT molecular complexity index is 1210. The lowest BCUT2D eigenvalue weighted by atomic mass is 9.96. The predicted molar refractivity (Wildman–Crippen MR) is 138 cm³/mol. The molecule has 4 nitrogen and oxygen atoms in total. The lowest BCUT2D eigenvalue weighted by molar-refractivity contribution is 0.554. The Balaban J connectivity index is 2.14. The molecule has 3 rings (SSSR count). The van der Waals surface area contributed by atoms with Gasteiger partial charge in [-0.25, -0.2) is 13.1 Å². The summed E-state index contributed by atoms with van der Waals surface area (Å²) >= 11 is 20.1. The van der Waals surface area contributed by atoms with E-state index >= 15 is 0 Å². The van der Waals surface area contributed by atoms with Gasteiger partial charge in [0.2, 0.25) is 10.0 Å². The first-order valence-electron chi connectivity index (χ1n) is 10.4. The van der Waals surface area contributed by atoms with Crippen molar-refractivity contribution < 1.29 is 8.42 Å². The fourth-order valence-electron chi connectivity index (χ4n) is 3.29. The summed E-state index contributed by atoms with van der Waals surface area (Å²) < 4.78 is 27.6. The van der Waals surface area contributed by atoms with Crippen LogP contribution in [0.4, 0.5) is 0 Å². The summed E-state index contributed by atoms with van der Waals surface area (Å²) in [5.74, 6) is 0.